The van der Waals surface area contributed by atoms with Crippen LogP contribution in [0.3, 0.4) is 0 Å². The summed E-state index contributed by atoms with van der Waals surface area (Å²) in [6, 6.07) is 8.53. The van der Waals surface area contributed by atoms with Crippen LogP contribution in [0.15, 0.2) is 36.7 Å². The van der Waals surface area contributed by atoms with Crippen LogP contribution in [0.1, 0.15) is 11.1 Å². The Morgan fingerprint density at radius 3 is 2.86 bits per heavy atom. The largest absolute Gasteiger partial charge is 0.476 e. The average Bonchev–Trinajstić information content (AvgIpc) is 2.43. The molecule has 2 heterocycles. The summed E-state index contributed by atoms with van der Waals surface area (Å²) in [6.45, 7) is 5.96. The summed E-state index contributed by atoms with van der Waals surface area (Å²) in [7, 11) is 0. The summed E-state index contributed by atoms with van der Waals surface area (Å²) in [5, 5.41) is 0.363. The monoisotopic (exact) mass is 303 g/mol. The Morgan fingerprint density at radius 2 is 2.10 bits per heavy atom. The van der Waals surface area contributed by atoms with E-state index < -0.39 is 0 Å². The molecule has 0 aliphatic carbocycles. The van der Waals surface area contributed by atoms with Crippen molar-refractivity contribution in [1.29, 1.82) is 0 Å². The lowest BCUT2D eigenvalue weighted by Gasteiger charge is -2.39. The molecule has 0 unspecified atom stereocenters. The van der Waals surface area contributed by atoms with E-state index in [-0.39, 0.29) is 0 Å². The molecule has 0 atom stereocenters. The third-order valence-electron chi connectivity index (χ3n) is 3.74. The van der Waals surface area contributed by atoms with Gasteiger partial charge >= 0.3 is 0 Å². The van der Waals surface area contributed by atoms with Crippen molar-refractivity contribution in [1.82, 2.24) is 14.9 Å². The number of aryl methyl sites for hydroxylation is 1. The second-order valence-corrected chi connectivity index (χ2v) is 5.86. The Balaban J connectivity index is 1.43. The van der Waals surface area contributed by atoms with E-state index in [0.29, 0.717) is 23.6 Å². The van der Waals surface area contributed by atoms with Crippen LogP contribution in [0.5, 0.6) is 5.88 Å². The summed E-state index contributed by atoms with van der Waals surface area (Å²) >= 11 is 5.77. The quantitative estimate of drug-likeness (QED) is 0.851. The van der Waals surface area contributed by atoms with E-state index in [1.807, 2.05) is 0 Å². The lowest BCUT2D eigenvalue weighted by Crippen LogP contribution is -2.48. The predicted molar refractivity (Wildman–Crippen MR) is 82.5 cm³/mol. The number of halogens is 1. The minimum Gasteiger partial charge on any atom is -0.476 e. The third kappa shape index (κ3) is 3.71. The van der Waals surface area contributed by atoms with Crippen molar-refractivity contribution >= 4 is 11.6 Å². The molecule has 0 saturated carbocycles. The van der Waals surface area contributed by atoms with Crippen LogP contribution >= 0.6 is 11.6 Å². The number of aromatic nitrogens is 2. The van der Waals surface area contributed by atoms with Gasteiger partial charge in [-0.3, -0.25) is 9.88 Å². The molecule has 1 fully saturated rings. The van der Waals surface area contributed by atoms with E-state index in [0.717, 1.165) is 19.6 Å². The van der Waals surface area contributed by atoms with Gasteiger partial charge in [0.05, 0.1) is 19.0 Å². The van der Waals surface area contributed by atoms with Crippen LogP contribution in [-0.2, 0) is 6.54 Å². The summed E-state index contributed by atoms with van der Waals surface area (Å²) in [5.74, 6) is 1.05. The van der Waals surface area contributed by atoms with Crippen LogP contribution in [-0.4, -0.2) is 34.6 Å². The lowest BCUT2D eigenvalue weighted by molar-refractivity contribution is 0.0541. The van der Waals surface area contributed by atoms with Gasteiger partial charge in [0.1, 0.15) is 0 Å². The zero-order valence-corrected chi connectivity index (χ0v) is 12.8. The maximum atomic E-state index is 5.77. The molecule has 1 aromatic carbocycles. The second kappa shape index (κ2) is 6.41. The molecule has 1 aromatic heterocycles. The lowest BCUT2D eigenvalue weighted by atomic mass is 9.99. The number of benzene rings is 1. The Labute approximate surface area is 129 Å². The number of rotatable bonds is 5. The van der Waals surface area contributed by atoms with Crippen LogP contribution in [0.25, 0.3) is 0 Å². The van der Waals surface area contributed by atoms with Gasteiger partial charge in [-0.15, -0.1) is 0 Å². The predicted octanol–water partition coefficient (Wildman–Crippen LogP) is 2.95. The first-order chi connectivity index (χ1) is 10.2. The van der Waals surface area contributed by atoms with Crippen molar-refractivity contribution in [3.63, 3.8) is 0 Å². The van der Waals surface area contributed by atoms with Crippen LogP contribution in [0.2, 0.25) is 5.15 Å². The van der Waals surface area contributed by atoms with Crippen LogP contribution in [0.4, 0.5) is 0 Å². The van der Waals surface area contributed by atoms with E-state index in [1.54, 1.807) is 6.20 Å². The van der Waals surface area contributed by atoms with E-state index in [1.165, 1.54) is 17.3 Å². The molecular formula is C16H18ClN3O. The SMILES string of the molecule is Cc1ccccc1CN1CC(COc2cncc(Cl)n2)C1. The van der Waals surface area contributed by atoms with Crippen molar-refractivity contribution < 1.29 is 4.74 Å². The van der Waals surface area contributed by atoms with Gasteiger partial charge in [0, 0.05) is 25.6 Å². The second-order valence-electron chi connectivity index (χ2n) is 5.48. The Hall–Kier alpha value is -1.65. The van der Waals surface area contributed by atoms with E-state index in [9.17, 15) is 0 Å². The molecule has 0 spiro atoms. The first-order valence-corrected chi connectivity index (χ1v) is 7.46. The smallest absolute Gasteiger partial charge is 0.233 e. The van der Waals surface area contributed by atoms with E-state index >= 15 is 0 Å². The minimum absolute atomic E-state index is 0.363. The molecule has 1 saturated heterocycles. The van der Waals surface area contributed by atoms with Crippen molar-refractivity contribution in [2.45, 2.75) is 13.5 Å². The van der Waals surface area contributed by atoms with Crippen molar-refractivity contribution in [2.24, 2.45) is 5.92 Å². The number of likely N-dealkylation sites (tertiary alicyclic amines) is 1. The van der Waals surface area contributed by atoms with E-state index in [4.69, 9.17) is 16.3 Å². The maximum absolute atomic E-state index is 5.77. The number of ether oxygens (including phenoxy) is 1. The molecule has 4 nitrogen and oxygen atoms in total. The number of nitrogens with zero attached hydrogens (tertiary/aromatic N) is 3. The van der Waals surface area contributed by atoms with Crippen molar-refractivity contribution in [3.05, 3.63) is 52.9 Å². The Morgan fingerprint density at radius 1 is 1.29 bits per heavy atom. The topological polar surface area (TPSA) is 38.2 Å². The molecule has 1 aliphatic heterocycles. The summed E-state index contributed by atoms with van der Waals surface area (Å²) in [6.07, 6.45) is 3.09. The zero-order valence-electron chi connectivity index (χ0n) is 12.0. The first kappa shape index (κ1) is 14.3. The fourth-order valence-corrected chi connectivity index (χ4v) is 2.68. The molecule has 110 valence electrons. The molecular weight excluding hydrogens is 286 g/mol. The van der Waals surface area contributed by atoms with Gasteiger partial charge in [-0.2, -0.15) is 4.98 Å². The molecule has 1 aliphatic rings. The molecule has 0 bridgehead atoms. The highest BCUT2D eigenvalue weighted by Crippen LogP contribution is 2.21. The first-order valence-electron chi connectivity index (χ1n) is 7.08. The van der Waals surface area contributed by atoms with Crippen molar-refractivity contribution in [3.8, 4) is 5.88 Å². The number of hydrogen-bond donors (Lipinski definition) is 0. The molecule has 2 aromatic rings. The van der Waals surface area contributed by atoms with Crippen LogP contribution in [0, 0.1) is 12.8 Å². The molecule has 0 radical (unpaired) electrons. The zero-order chi connectivity index (χ0) is 14.7. The summed E-state index contributed by atoms with van der Waals surface area (Å²) in [4.78, 5) is 10.5. The van der Waals surface area contributed by atoms with Gasteiger partial charge in [0.2, 0.25) is 5.88 Å². The Bertz CT molecular complexity index is 614. The minimum atomic E-state index is 0.363. The molecule has 3 rings (SSSR count). The third-order valence-corrected chi connectivity index (χ3v) is 3.92. The van der Waals surface area contributed by atoms with Crippen molar-refractivity contribution in [2.75, 3.05) is 19.7 Å². The summed E-state index contributed by atoms with van der Waals surface area (Å²) < 4.78 is 5.63. The number of hydrogen-bond acceptors (Lipinski definition) is 4. The van der Waals surface area contributed by atoms with Gasteiger partial charge in [-0.05, 0) is 18.1 Å². The van der Waals surface area contributed by atoms with Gasteiger partial charge < -0.3 is 4.74 Å². The van der Waals surface area contributed by atoms with E-state index in [2.05, 4.69) is 46.1 Å². The molecule has 5 heteroatoms. The van der Waals surface area contributed by atoms with Crippen LogP contribution < -0.4 is 4.74 Å². The highest BCUT2D eigenvalue weighted by Gasteiger charge is 2.27. The van der Waals surface area contributed by atoms with Gasteiger partial charge in [-0.1, -0.05) is 35.9 Å². The standard InChI is InChI=1S/C16H18ClN3O/c1-12-4-2-3-5-14(12)10-20-8-13(9-20)11-21-16-7-18-6-15(17)19-16/h2-7,13H,8-11H2,1H3. The molecule has 0 amide bonds. The maximum Gasteiger partial charge on any atom is 0.233 e. The summed E-state index contributed by atoms with van der Waals surface area (Å²) in [5.41, 5.74) is 2.75. The highest BCUT2D eigenvalue weighted by atomic mass is 35.5. The normalized spacial score (nSPS) is 15.7. The van der Waals surface area contributed by atoms with Gasteiger partial charge in [0.25, 0.3) is 0 Å². The average molecular weight is 304 g/mol. The molecule has 0 N–H and O–H groups in total. The fraction of sp³-hybridized carbons (Fsp3) is 0.375. The highest BCUT2D eigenvalue weighted by molar-refractivity contribution is 6.29. The fourth-order valence-electron chi connectivity index (χ4n) is 2.54. The Kier molecular flexibility index (Phi) is 4.36. The molecule has 21 heavy (non-hydrogen) atoms. The van der Waals surface area contributed by atoms with Gasteiger partial charge in [-0.25, -0.2) is 0 Å². The van der Waals surface area contributed by atoms with Gasteiger partial charge in [0.15, 0.2) is 5.15 Å².